The number of halogens is 1. The number of aromatic nitrogens is 1. The van der Waals surface area contributed by atoms with Gasteiger partial charge in [-0.15, -0.1) is 23.7 Å². The van der Waals surface area contributed by atoms with Crippen LogP contribution in [0.2, 0.25) is 0 Å². The van der Waals surface area contributed by atoms with Gasteiger partial charge in [0, 0.05) is 42.7 Å². The van der Waals surface area contributed by atoms with Crippen LogP contribution in [0.3, 0.4) is 0 Å². The Balaban J connectivity index is 0.00000161. The summed E-state index contributed by atoms with van der Waals surface area (Å²) in [7, 11) is 0. The van der Waals surface area contributed by atoms with Gasteiger partial charge >= 0.3 is 0 Å². The Labute approximate surface area is 136 Å². The average molecular weight is 324 g/mol. The van der Waals surface area contributed by atoms with E-state index in [0.29, 0.717) is 12.1 Å². The molecule has 2 atom stereocenters. The second-order valence-electron chi connectivity index (χ2n) is 5.60. The van der Waals surface area contributed by atoms with Gasteiger partial charge in [-0.25, -0.2) is 4.98 Å². The summed E-state index contributed by atoms with van der Waals surface area (Å²) in [4.78, 5) is 7.31. The van der Waals surface area contributed by atoms with E-state index in [1.807, 2.05) is 6.07 Å². The van der Waals surface area contributed by atoms with Crippen LogP contribution in [0.15, 0.2) is 35.7 Å². The Hall–Kier alpha value is -0.940. The van der Waals surface area contributed by atoms with Crippen molar-refractivity contribution >= 4 is 23.7 Å². The maximum atomic E-state index is 4.79. The van der Waals surface area contributed by atoms with Crippen molar-refractivity contribution in [1.29, 1.82) is 0 Å². The summed E-state index contributed by atoms with van der Waals surface area (Å²) in [5.74, 6) is 0. The number of piperazine rings is 1. The summed E-state index contributed by atoms with van der Waals surface area (Å²) >= 11 is 1.74. The van der Waals surface area contributed by atoms with Crippen molar-refractivity contribution in [3.63, 3.8) is 0 Å². The van der Waals surface area contributed by atoms with E-state index in [1.54, 1.807) is 11.3 Å². The molecule has 1 N–H and O–H groups in total. The molecular formula is C16H22ClN3S. The lowest BCUT2D eigenvalue weighted by Gasteiger charge is -2.37. The second kappa shape index (κ2) is 7.36. The maximum absolute atomic E-state index is 4.79. The number of benzene rings is 1. The van der Waals surface area contributed by atoms with E-state index < -0.39 is 0 Å². The van der Waals surface area contributed by atoms with Crippen LogP contribution in [0, 0.1) is 0 Å². The highest BCUT2D eigenvalue weighted by atomic mass is 35.5. The smallest absolute Gasteiger partial charge is 0.123 e. The summed E-state index contributed by atoms with van der Waals surface area (Å²) < 4.78 is 0. The molecule has 2 unspecified atom stereocenters. The molecule has 114 valence electrons. The normalized spacial score (nSPS) is 22.8. The van der Waals surface area contributed by atoms with Crippen molar-refractivity contribution in [2.24, 2.45) is 0 Å². The van der Waals surface area contributed by atoms with Crippen molar-refractivity contribution in [2.45, 2.75) is 32.5 Å². The van der Waals surface area contributed by atoms with Crippen LogP contribution in [-0.2, 0) is 6.54 Å². The Morgan fingerprint density at radius 1 is 1.29 bits per heavy atom. The van der Waals surface area contributed by atoms with Crippen molar-refractivity contribution in [2.75, 3.05) is 13.1 Å². The van der Waals surface area contributed by atoms with Crippen molar-refractivity contribution in [1.82, 2.24) is 15.2 Å². The molecule has 2 heterocycles. The zero-order chi connectivity index (χ0) is 13.9. The van der Waals surface area contributed by atoms with E-state index in [0.717, 1.165) is 24.6 Å². The van der Waals surface area contributed by atoms with E-state index in [9.17, 15) is 0 Å². The molecule has 0 spiro atoms. The largest absolute Gasteiger partial charge is 0.311 e. The van der Waals surface area contributed by atoms with Gasteiger partial charge in [0.2, 0.25) is 0 Å². The minimum absolute atomic E-state index is 0. The van der Waals surface area contributed by atoms with Crippen LogP contribution in [-0.4, -0.2) is 35.1 Å². The SMILES string of the molecule is CC1CN(Cc2csc(-c3ccccc3)n2)C(C)CN1.Cl. The van der Waals surface area contributed by atoms with Crippen molar-refractivity contribution in [3.8, 4) is 10.6 Å². The fourth-order valence-corrected chi connectivity index (χ4v) is 3.44. The van der Waals surface area contributed by atoms with E-state index in [2.05, 4.69) is 53.7 Å². The fraction of sp³-hybridized carbons (Fsp3) is 0.438. The molecule has 0 saturated carbocycles. The number of hydrogen-bond donors (Lipinski definition) is 1. The molecule has 0 amide bonds. The zero-order valence-electron chi connectivity index (χ0n) is 12.5. The number of thiazole rings is 1. The first-order valence-corrected chi connectivity index (χ1v) is 8.07. The van der Waals surface area contributed by atoms with E-state index in [4.69, 9.17) is 4.98 Å². The lowest BCUT2D eigenvalue weighted by atomic mass is 10.1. The van der Waals surface area contributed by atoms with Crippen LogP contribution in [0.1, 0.15) is 19.5 Å². The summed E-state index contributed by atoms with van der Waals surface area (Å²) in [6.07, 6.45) is 0. The summed E-state index contributed by atoms with van der Waals surface area (Å²) in [5, 5.41) is 6.84. The molecule has 21 heavy (non-hydrogen) atoms. The van der Waals surface area contributed by atoms with Crippen molar-refractivity contribution in [3.05, 3.63) is 41.4 Å². The van der Waals surface area contributed by atoms with Gasteiger partial charge in [0.05, 0.1) is 5.69 Å². The Kier molecular flexibility index (Phi) is 5.76. The third kappa shape index (κ3) is 4.04. The molecule has 1 aliphatic heterocycles. The highest BCUT2D eigenvalue weighted by Gasteiger charge is 2.22. The zero-order valence-corrected chi connectivity index (χ0v) is 14.1. The highest BCUT2D eigenvalue weighted by Crippen LogP contribution is 2.24. The average Bonchev–Trinajstić information content (AvgIpc) is 2.92. The molecule has 2 aromatic rings. The molecule has 1 aliphatic rings. The molecular weight excluding hydrogens is 302 g/mol. The molecule has 1 fully saturated rings. The van der Waals surface area contributed by atoms with E-state index >= 15 is 0 Å². The highest BCUT2D eigenvalue weighted by molar-refractivity contribution is 7.13. The molecule has 1 saturated heterocycles. The van der Waals surface area contributed by atoms with Crippen LogP contribution in [0.5, 0.6) is 0 Å². The monoisotopic (exact) mass is 323 g/mol. The molecule has 3 rings (SSSR count). The molecule has 1 aromatic carbocycles. The Morgan fingerprint density at radius 2 is 2.05 bits per heavy atom. The predicted molar refractivity (Wildman–Crippen MR) is 92.1 cm³/mol. The van der Waals surface area contributed by atoms with Gasteiger partial charge in [0.1, 0.15) is 5.01 Å². The molecule has 0 bridgehead atoms. The van der Waals surface area contributed by atoms with Crippen LogP contribution in [0.25, 0.3) is 10.6 Å². The quantitative estimate of drug-likeness (QED) is 0.938. The fourth-order valence-electron chi connectivity index (χ4n) is 2.62. The Bertz CT molecular complexity index is 558. The van der Waals surface area contributed by atoms with Gasteiger partial charge in [-0.2, -0.15) is 0 Å². The van der Waals surface area contributed by atoms with Crippen LogP contribution in [0.4, 0.5) is 0 Å². The molecule has 0 radical (unpaired) electrons. The molecule has 1 aromatic heterocycles. The van der Waals surface area contributed by atoms with Gasteiger partial charge in [0.15, 0.2) is 0 Å². The lowest BCUT2D eigenvalue weighted by molar-refractivity contribution is 0.137. The summed E-state index contributed by atoms with van der Waals surface area (Å²) in [5.41, 5.74) is 2.40. The number of nitrogens with one attached hydrogen (secondary N) is 1. The minimum Gasteiger partial charge on any atom is -0.311 e. The minimum atomic E-state index is 0. The number of nitrogens with zero attached hydrogens (tertiary/aromatic N) is 2. The van der Waals surface area contributed by atoms with E-state index in [1.165, 1.54) is 11.3 Å². The molecule has 0 aliphatic carbocycles. The van der Waals surface area contributed by atoms with E-state index in [-0.39, 0.29) is 12.4 Å². The van der Waals surface area contributed by atoms with Gasteiger partial charge in [0.25, 0.3) is 0 Å². The first-order valence-electron chi connectivity index (χ1n) is 7.19. The Morgan fingerprint density at radius 3 is 2.81 bits per heavy atom. The number of hydrogen-bond acceptors (Lipinski definition) is 4. The van der Waals surface area contributed by atoms with Gasteiger partial charge in [-0.3, -0.25) is 4.90 Å². The lowest BCUT2D eigenvalue weighted by Crippen LogP contribution is -2.53. The van der Waals surface area contributed by atoms with Gasteiger partial charge in [-0.05, 0) is 13.8 Å². The third-order valence-electron chi connectivity index (χ3n) is 3.83. The first-order chi connectivity index (χ1) is 9.72. The van der Waals surface area contributed by atoms with Crippen LogP contribution >= 0.6 is 23.7 Å². The standard InChI is InChI=1S/C16H21N3S.ClH/c1-12-9-19(13(2)8-17-12)10-15-11-20-16(18-15)14-6-4-3-5-7-14;/h3-7,11-13,17H,8-10H2,1-2H3;1H. The second-order valence-corrected chi connectivity index (χ2v) is 6.46. The maximum Gasteiger partial charge on any atom is 0.123 e. The van der Waals surface area contributed by atoms with Gasteiger partial charge < -0.3 is 5.32 Å². The number of rotatable bonds is 3. The predicted octanol–water partition coefficient (Wildman–Crippen LogP) is 3.41. The van der Waals surface area contributed by atoms with Gasteiger partial charge in [-0.1, -0.05) is 30.3 Å². The molecule has 3 nitrogen and oxygen atoms in total. The summed E-state index contributed by atoms with van der Waals surface area (Å²) in [6, 6.07) is 11.6. The summed E-state index contributed by atoms with van der Waals surface area (Å²) in [6.45, 7) is 7.64. The molecule has 5 heteroatoms. The topological polar surface area (TPSA) is 28.2 Å². The first kappa shape index (κ1) is 16.4. The third-order valence-corrected chi connectivity index (χ3v) is 4.77. The van der Waals surface area contributed by atoms with Crippen molar-refractivity contribution < 1.29 is 0 Å². The van der Waals surface area contributed by atoms with Crippen LogP contribution < -0.4 is 5.32 Å².